The zero-order valence-electron chi connectivity index (χ0n) is 10.2. The second-order valence-corrected chi connectivity index (χ2v) is 4.79. The molecule has 17 heavy (non-hydrogen) atoms. The number of halogens is 2. The average molecular weight is 277 g/mol. The van der Waals surface area contributed by atoms with Crippen molar-refractivity contribution in [3.63, 3.8) is 0 Å². The van der Waals surface area contributed by atoms with E-state index in [1.807, 2.05) is 6.07 Å². The fraction of sp³-hybridized carbons (Fsp3) is 0.538. The van der Waals surface area contributed by atoms with Crippen molar-refractivity contribution >= 4 is 23.2 Å². The molecule has 1 rings (SSSR count). The number of hydrogen-bond acceptors (Lipinski definition) is 1. The molecule has 2 N–H and O–H groups in total. The molecular formula is C13H20Cl2NO+. The molecule has 0 saturated heterocycles. The van der Waals surface area contributed by atoms with Crippen molar-refractivity contribution < 1.29 is 10.1 Å². The molecule has 2 nitrogen and oxygen atoms in total. The zero-order chi connectivity index (χ0) is 12.5. The normalized spacial score (nSPS) is 10.5. The van der Waals surface area contributed by atoms with Gasteiger partial charge in [0.1, 0.15) is 0 Å². The van der Waals surface area contributed by atoms with E-state index in [4.69, 9.17) is 27.9 Å². The van der Waals surface area contributed by atoms with Gasteiger partial charge in [0, 0.05) is 6.42 Å². The Labute approximate surface area is 113 Å². The number of nitrogens with two attached hydrogens (primary N) is 1. The minimum absolute atomic E-state index is 0.576. The maximum atomic E-state index is 5.99. The lowest BCUT2D eigenvalue weighted by molar-refractivity contribution is -0.655. The van der Waals surface area contributed by atoms with Crippen LogP contribution in [0.25, 0.3) is 0 Å². The summed E-state index contributed by atoms with van der Waals surface area (Å²) in [6.07, 6.45) is 3.53. The van der Waals surface area contributed by atoms with Crippen molar-refractivity contribution in [1.29, 1.82) is 0 Å². The highest BCUT2D eigenvalue weighted by Crippen LogP contribution is 2.32. The standard InChI is InChI=1S/C13H19Cl2NO/c1-2-3-8-16-9-5-10-17-13-11(14)6-4-7-12(13)15/h4,6-7,16H,2-3,5,8-10H2,1H3/p+1. The predicted octanol–water partition coefficient (Wildman–Crippen LogP) is 3.13. The van der Waals surface area contributed by atoms with Crippen molar-refractivity contribution in [2.75, 3.05) is 19.7 Å². The van der Waals surface area contributed by atoms with E-state index in [0.717, 1.165) is 13.0 Å². The molecule has 0 fully saturated rings. The largest absolute Gasteiger partial charge is 0.490 e. The molecule has 0 aliphatic rings. The van der Waals surface area contributed by atoms with Crippen LogP contribution in [0, 0.1) is 0 Å². The van der Waals surface area contributed by atoms with E-state index in [0.29, 0.717) is 22.4 Å². The van der Waals surface area contributed by atoms with Gasteiger partial charge < -0.3 is 10.1 Å². The van der Waals surface area contributed by atoms with Crippen LogP contribution in [0.5, 0.6) is 5.75 Å². The van der Waals surface area contributed by atoms with Crippen LogP contribution in [0.3, 0.4) is 0 Å². The van der Waals surface area contributed by atoms with Gasteiger partial charge in [0.05, 0.1) is 29.7 Å². The molecule has 0 bridgehead atoms. The molecule has 1 aromatic rings. The summed E-state index contributed by atoms with van der Waals surface area (Å²) >= 11 is 12.0. The average Bonchev–Trinajstić information content (AvgIpc) is 2.31. The minimum Gasteiger partial charge on any atom is -0.490 e. The van der Waals surface area contributed by atoms with E-state index in [1.165, 1.54) is 19.4 Å². The highest BCUT2D eigenvalue weighted by atomic mass is 35.5. The maximum Gasteiger partial charge on any atom is 0.156 e. The number of benzene rings is 1. The van der Waals surface area contributed by atoms with E-state index in [9.17, 15) is 0 Å². The molecular weight excluding hydrogens is 257 g/mol. The van der Waals surface area contributed by atoms with Crippen LogP contribution >= 0.6 is 23.2 Å². The Kier molecular flexibility index (Phi) is 7.41. The van der Waals surface area contributed by atoms with Crippen molar-refractivity contribution in [3.8, 4) is 5.75 Å². The van der Waals surface area contributed by atoms with Gasteiger partial charge in [-0.1, -0.05) is 42.6 Å². The third-order valence-electron chi connectivity index (χ3n) is 2.48. The fourth-order valence-corrected chi connectivity index (χ4v) is 2.02. The minimum atomic E-state index is 0.576. The molecule has 0 radical (unpaired) electrons. The van der Waals surface area contributed by atoms with Gasteiger partial charge in [0.25, 0.3) is 0 Å². The molecule has 96 valence electrons. The summed E-state index contributed by atoms with van der Waals surface area (Å²) in [5.74, 6) is 0.601. The Balaban J connectivity index is 2.18. The van der Waals surface area contributed by atoms with Crippen molar-refractivity contribution in [2.24, 2.45) is 0 Å². The van der Waals surface area contributed by atoms with Crippen LogP contribution in [0.4, 0.5) is 0 Å². The fourth-order valence-electron chi connectivity index (χ4n) is 1.52. The van der Waals surface area contributed by atoms with Crippen LogP contribution in [-0.4, -0.2) is 19.7 Å². The lowest BCUT2D eigenvalue weighted by atomic mass is 10.3. The summed E-state index contributed by atoms with van der Waals surface area (Å²) in [6, 6.07) is 5.39. The maximum absolute atomic E-state index is 5.99. The number of para-hydroxylation sites is 1. The Hall–Kier alpha value is -0.440. The topological polar surface area (TPSA) is 25.8 Å². The first-order valence-electron chi connectivity index (χ1n) is 6.14. The van der Waals surface area contributed by atoms with Crippen molar-refractivity contribution in [3.05, 3.63) is 28.2 Å². The predicted molar refractivity (Wildman–Crippen MR) is 73.1 cm³/mol. The van der Waals surface area contributed by atoms with Crippen LogP contribution in [0.15, 0.2) is 18.2 Å². The number of hydrogen-bond donors (Lipinski definition) is 1. The first-order valence-corrected chi connectivity index (χ1v) is 6.89. The molecule has 0 aliphatic carbocycles. The summed E-state index contributed by atoms with van der Waals surface area (Å²) in [4.78, 5) is 0. The van der Waals surface area contributed by atoms with Crippen LogP contribution < -0.4 is 10.1 Å². The lowest BCUT2D eigenvalue weighted by Gasteiger charge is -2.09. The van der Waals surface area contributed by atoms with Gasteiger partial charge in [0.15, 0.2) is 5.75 Å². The van der Waals surface area contributed by atoms with Crippen molar-refractivity contribution in [1.82, 2.24) is 0 Å². The van der Waals surface area contributed by atoms with Gasteiger partial charge >= 0.3 is 0 Å². The first kappa shape index (κ1) is 14.6. The summed E-state index contributed by atoms with van der Waals surface area (Å²) in [5.41, 5.74) is 0. The summed E-state index contributed by atoms with van der Waals surface area (Å²) in [7, 11) is 0. The van der Waals surface area contributed by atoms with E-state index in [-0.39, 0.29) is 0 Å². The van der Waals surface area contributed by atoms with Crippen LogP contribution in [-0.2, 0) is 0 Å². The van der Waals surface area contributed by atoms with Crippen molar-refractivity contribution in [2.45, 2.75) is 26.2 Å². The van der Waals surface area contributed by atoms with E-state index < -0.39 is 0 Å². The van der Waals surface area contributed by atoms with E-state index in [2.05, 4.69) is 12.2 Å². The molecule has 0 aromatic heterocycles. The number of rotatable bonds is 8. The van der Waals surface area contributed by atoms with E-state index >= 15 is 0 Å². The molecule has 0 amide bonds. The Morgan fingerprint density at radius 2 is 1.76 bits per heavy atom. The van der Waals surface area contributed by atoms with E-state index in [1.54, 1.807) is 12.1 Å². The third-order valence-corrected chi connectivity index (χ3v) is 3.07. The summed E-state index contributed by atoms with van der Waals surface area (Å²) < 4.78 is 5.59. The Morgan fingerprint density at radius 1 is 1.12 bits per heavy atom. The summed E-state index contributed by atoms with van der Waals surface area (Å²) in [5, 5.41) is 3.47. The molecule has 4 heteroatoms. The number of quaternary nitrogens is 1. The van der Waals surface area contributed by atoms with Gasteiger partial charge in [-0.15, -0.1) is 0 Å². The van der Waals surface area contributed by atoms with Gasteiger partial charge in [-0.3, -0.25) is 0 Å². The smallest absolute Gasteiger partial charge is 0.156 e. The number of ether oxygens (including phenoxy) is 1. The van der Waals surface area contributed by atoms with Gasteiger partial charge in [-0.2, -0.15) is 0 Å². The molecule has 1 aromatic carbocycles. The second-order valence-electron chi connectivity index (χ2n) is 3.97. The van der Waals surface area contributed by atoms with Crippen LogP contribution in [0.2, 0.25) is 10.0 Å². The molecule has 0 atom stereocenters. The highest BCUT2D eigenvalue weighted by molar-refractivity contribution is 6.37. The molecule has 0 heterocycles. The Bertz CT molecular complexity index is 311. The SMILES string of the molecule is CCCC[NH2+]CCCOc1c(Cl)cccc1Cl. The second kappa shape index (κ2) is 8.62. The zero-order valence-corrected chi connectivity index (χ0v) is 11.7. The highest BCUT2D eigenvalue weighted by Gasteiger charge is 2.05. The molecule has 0 spiro atoms. The quantitative estimate of drug-likeness (QED) is 0.726. The molecule has 0 aliphatic heterocycles. The third kappa shape index (κ3) is 5.62. The Morgan fingerprint density at radius 3 is 2.41 bits per heavy atom. The first-order chi connectivity index (χ1) is 8.25. The van der Waals surface area contributed by atoms with Gasteiger partial charge in [0.2, 0.25) is 0 Å². The number of unbranched alkanes of at least 4 members (excludes halogenated alkanes) is 1. The lowest BCUT2D eigenvalue weighted by Crippen LogP contribution is -2.84. The van der Waals surface area contributed by atoms with Gasteiger partial charge in [-0.25, -0.2) is 0 Å². The monoisotopic (exact) mass is 276 g/mol. The molecule has 0 saturated carbocycles. The molecule has 0 unspecified atom stereocenters. The van der Waals surface area contributed by atoms with Gasteiger partial charge in [-0.05, 0) is 18.6 Å². The van der Waals surface area contributed by atoms with Crippen LogP contribution in [0.1, 0.15) is 26.2 Å². The summed E-state index contributed by atoms with van der Waals surface area (Å²) in [6.45, 7) is 5.15.